The molecule has 114 valence electrons. The van der Waals surface area contributed by atoms with Crippen LogP contribution in [-0.4, -0.2) is 34.8 Å². The monoisotopic (exact) mass is 291 g/mol. The van der Waals surface area contributed by atoms with Gasteiger partial charge in [-0.05, 0) is 51.5 Å². The van der Waals surface area contributed by atoms with Crippen LogP contribution in [0.4, 0.5) is 4.79 Å². The number of aldehydes is 1. The van der Waals surface area contributed by atoms with Crippen LogP contribution in [0.1, 0.15) is 40.0 Å². The van der Waals surface area contributed by atoms with E-state index < -0.39 is 23.5 Å². The highest BCUT2D eigenvalue weighted by Gasteiger charge is 2.58. The summed E-state index contributed by atoms with van der Waals surface area (Å²) in [7, 11) is 0. The van der Waals surface area contributed by atoms with Crippen molar-refractivity contribution in [1.29, 1.82) is 0 Å². The number of imide groups is 1. The van der Waals surface area contributed by atoms with E-state index in [4.69, 9.17) is 4.74 Å². The molecule has 4 unspecified atom stereocenters. The number of fused-ring (bicyclic) bond motifs is 3. The van der Waals surface area contributed by atoms with Gasteiger partial charge in [-0.2, -0.15) is 0 Å². The average molecular weight is 291 g/mol. The molecule has 0 aromatic carbocycles. The molecule has 5 heteroatoms. The molecule has 0 aromatic rings. The maximum absolute atomic E-state index is 12.4. The quantitative estimate of drug-likeness (QED) is 0.422. The van der Waals surface area contributed by atoms with E-state index in [1.165, 1.54) is 4.90 Å². The van der Waals surface area contributed by atoms with Crippen LogP contribution in [-0.2, 0) is 14.3 Å². The molecule has 0 radical (unpaired) electrons. The summed E-state index contributed by atoms with van der Waals surface area (Å²) in [5, 5.41) is 0. The summed E-state index contributed by atoms with van der Waals surface area (Å²) in [5.74, 6) is -0.755. The van der Waals surface area contributed by atoms with Gasteiger partial charge in [0.25, 0.3) is 0 Å². The van der Waals surface area contributed by atoms with E-state index in [9.17, 15) is 14.4 Å². The van der Waals surface area contributed by atoms with Gasteiger partial charge in [-0.15, -0.1) is 0 Å². The van der Waals surface area contributed by atoms with Crippen LogP contribution >= 0.6 is 0 Å². The minimum absolute atomic E-state index is 0.0703. The number of hydrogen-bond donors (Lipinski definition) is 0. The Morgan fingerprint density at radius 1 is 1.43 bits per heavy atom. The molecule has 2 fully saturated rings. The van der Waals surface area contributed by atoms with E-state index >= 15 is 0 Å². The van der Waals surface area contributed by atoms with Crippen molar-refractivity contribution < 1.29 is 19.1 Å². The summed E-state index contributed by atoms with van der Waals surface area (Å²) in [4.78, 5) is 37.4. The van der Waals surface area contributed by atoms with Gasteiger partial charge in [0.2, 0.25) is 5.91 Å². The Morgan fingerprint density at radius 2 is 2.14 bits per heavy atom. The van der Waals surface area contributed by atoms with Gasteiger partial charge < -0.3 is 9.53 Å². The molecule has 2 aliphatic carbocycles. The molecule has 0 spiro atoms. The van der Waals surface area contributed by atoms with Gasteiger partial charge in [-0.25, -0.2) is 9.69 Å². The molecule has 0 N–H and O–H groups in total. The van der Waals surface area contributed by atoms with Crippen molar-refractivity contribution in [2.45, 2.75) is 51.7 Å². The standard InChI is InChI=1S/C16H21NO4/c1-16(2,3)21-15(20)17-13-10-6-4-5-9(10)7-11(13)12(8-18)14(17)19/h6,8-9,11-13H,4-5,7H2,1-3H3. The van der Waals surface area contributed by atoms with Crippen molar-refractivity contribution in [3.63, 3.8) is 0 Å². The van der Waals surface area contributed by atoms with Crippen molar-refractivity contribution in [2.75, 3.05) is 0 Å². The lowest BCUT2D eigenvalue weighted by Gasteiger charge is -2.27. The zero-order valence-electron chi connectivity index (χ0n) is 12.7. The number of carbonyl (C=O) groups is 3. The molecule has 1 saturated heterocycles. The van der Waals surface area contributed by atoms with Gasteiger partial charge in [0.1, 0.15) is 11.9 Å². The number of hydrogen-bond acceptors (Lipinski definition) is 4. The lowest BCUT2D eigenvalue weighted by molar-refractivity contribution is -0.133. The predicted octanol–water partition coefficient (Wildman–Crippen LogP) is 2.30. The molecule has 3 rings (SSSR count). The molecule has 0 bridgehead atoms. The highest BCUT2D eigenvalue weighted by Crippen LogP contribution is 2.51. The van der Waals surface area contributed by atoms with Crippen LogP contribution in [0.5, 0.6) is 0 Å². The van der Waals surface area contributed by atoms with Crippen LogP contribution in [0.3, 0.4) is 0 Å². The Kier molecular flexibility index (Phi) is 3.19. The second kappa shape index (κ2) is 4.68. The summed E-state index contributed by atoms with van der Waals surface area (Å²) in [6.45, 7) is 5.31. The van der Waals surface area contributed by atoms with E-state index in [1.807, 2.05) is 0 Å². The van der Waals surface area contributed by atoms with E-state index in [2.05, 4.69) is 6.08 Å². The summed E-state index contributed by atoms with van der Waals surface area (Å²) in [5.41, 5.74) is 0.498. The zero-order valence-corrected chi connectivity index (χ0v) is 12.7. The second-order valence-corrected chi connectivity index (χ2v) is 7.17. The maximum Gasteiger partial charge on any atom is 0.417 e. The fourth-order valence-electron chi connectivity index (χ4n) is 3.94. The van der Waals surface area contributed by atoms with Crippen molar-refractivity contribution in [2.24, 2.45) is 17.8 Å². The van der Waals surface area contributed by atoms with Crippen LogP contribution in [0.2, 0.25) is 0 Å². The third-order valence-corrected chi connectivity index (χ3v) is 4.67. The third-order valence-electron chi connectivity index (χ3n) is 4.67. The van der Waals surface area contributed by atoms with Crippen molar-refractivity contribution in [1.82, 2.24) is 4.90 Å². The lowest BCUT2D eigenvalue weighted by atomic mass is 9.91. The van der Waals surface area contributed by atoms with E-state index in [1.54, 1.807) is 20.8 Å². The summed E-state index contributed by atoms with van der Waals surface area (Å²) in [6.07, 6.45) is 5.08. The van der Waals surface area contributed by atoms with Crippen LogP contribution < -0.4 is 0 Å². The van der Waals surface area contributed by atoms with Crippen molar-refractivity contribution in [3.05, 3.63) is 11.6 Å². The third kappa shape index (κ3) is 2.19. The molecular formula is C16H21NO4. The average Bonchev–Trinajstić information content (AvgIpc) is 2.96. The largest absolute Gasteiger partial charge is 0.443 e. The molecule has 5 nitrogen and oxygen atoms in total. The predicted molar refractivity (Wildman–Crippen MR) is 75.3 cm³/mol. The molecule has 0 aromatic heterocycles. The Bertz CT molecular complexity index is 531. The first-order chi connectivity index (χ1) is 9.83. The number of amides is 2. The molecule has 4 atom stereocenters. The highest BCUT2D eigenvalue weighted by atomic mass is 16.6. The van der Waals surface area contributed by atoms with Gasteiger partial charge in [0.15, 0.2) is 0 Å². The second-order valence-electron chi connectivity index (χ2n) is 7.17. The van der Waals surface area contributed by atoms with E-state index in [0.717, 1.165) is 24.8 Å². The Hall–Kier alpha value is -1.65. The number of carbonyl (C=O) groups excluding carboxylic acids is 3. The van der Waals surface area contributed by atoms with Crippen molar-refractivity contribution >= 4 is 18.3 Å². The van der Waals surface area contributed by atoms with Crippen LogP contribution in [0, 0.1) is 17.8 Å². The topological polar surface area (TPSA) is 63.7 Å². The normalized spacial score (nSPS) is 34.5. The molecule has 2 amide bonds. The maximum atomic E-state index is 12.4. The number of rotatable bonds is 1. The van der Waals surface area contributed by atoms with Crippen LogP contribution in [0.25, 0.3) is 0 Å². The number of allylic oxidation sites excluding steroid dienone is 1. The molecular weight excluding hydrogens is 270 g/mol. The van der Waals surface area contributed by atoms with Gasteiger partial charge in [0.05, 0.1) is 12.0 Å². The minimum Gasteiger partial charge on any atom is -0.443 e. The molecule has 3 aliphatic rings. The number of nitrogens with zero attached hydrogens (tertiary/aromatic N) is 1. The summed E-state index contributed by atoms with van der Waals surface area (Å²) >= 11 is 0. The molecule has 21 heavy (non-hydrogen) atoms. The first kappa shape index (κ1) is 14.3. The van der Waals surface area contributed by atoms with Gasteiger partial charge >= 0.3 is 6.09 Å². The summed E-state index contributed by atoms with van der Waals surface area (Å²) < 4.78 is 5.36. The Balaban J connectivity index is 1.93. The Labute approximate surface area is 124 Å². The smallest absolute Gasteiger partial charge is 0.417 e. The van der Waals surface area contributed by atoms with Gasteiger partial charge in [-0.3, -0.25) is 4.79 Å². The van der Waals surface area contributed by atoms with Crippen LogP contribution in [0.15, 0.2) is 11.6 Å². The van der Waals surface area contributed by atoms with Crippen molar-refractivity contribution in [3.8, 4) is 0 Å². The van der Waals surface area contributed by atoms with Gasteiger partial charge in [-0.1, -0.05) is 6.08 Å². The number of likely N-dealkylation sites (tertiary alicyclic amines) is 1. The SMILES string of the molecule is CC(C)(C)OC(=O)N1C(=O)C(C=O)C2CC3CCC=C3C21. The highest BCUT2D eigenvalue weighted by molar-refractivity contribution is 6.03. The fraction of sp³-hybridized carbons (Fsp3) is 0.688. The lowest BCUT2D eigenvalue weighted by Crippen LogP contribution is -2.43. The first-order valence-corrected chi connectivity index (χ1v) is 7.55. The molecule has 1 aliphatic heterocycles. The fourth-order valence-corrected chi connectivity index (χ4v) is 3.94. The Morgan fingerprint density at radius 3 is 2.76 bits per heavy atom. The first-order valence-electron chi connectivity index (χ1n) is 7.55. The summed E-state index contributed by atoms with van der Waals surface area (Å²) in [6, 6.07) is -0.268. The molecule has 1 heterocycles. The minimum atomic E-state index is -0.700. The number of ether oxygens (including phenoxy) is 1. The van der Waals surface area contributed by atoms with E-state index in [-0.39, 0.29) is 12.0 Å². The molecule has 1 saturated carbocycles. The van der Waals surface area contributed by atoms with Gasteiger partial charge in [0, 0.05) is 5.92 Å². The zero-order chi connectivity index (χ0) is 15.4. The van der Waals surface area contributed by atoms with E-state index in [0.29, 0.717) is 12.2 Å².